The monoisotopic (exact) mass is 674 g/mol. The summed E-state index contributed by atoms with van der Waals surface area (Å²) in [5, 5.41) is 3.25. The number of para-hydroxylation sites is 2. The maximum Gasteiger partial charge on any atom is 0.136 e. The molecular weight excluding hydrogens is 631 g/mol. The second-order valence-electron chi connectivity index (χ2n) is 12.5. The summed E-state index contributed by atoms with van der Waals surface area (Å²) >= 11 is 0. The molecular formula is C50H33NO. The third kappa shape index (κ3) is 5.21. The Morgan fingerprint density at radius 2 is 1.13 bits per heavy atom. The van der Waals surface area contributed by atoms with Gasteiger partial charge < -0.3 is 9.32 Å². The first kappa shape index (κ1) is 20.7. The summed E-state index contributed by atoms with van der Waals surface area (Å²) in [5.74, 6) is 0. The Morgan fingerprint density at radius 3 is 2.00 bits per heavy atom. The Bertz CT molecular complexity index is 3500. The number of fused-ring (bicyclic) bond motifs is 6. The van der Waals surface area contributed by atoms with E-state index in [-0.39, 0.29) is 63.8 Å². The molecule has 0 unspecified atom stereocenters. The van der Waals surface area contributed by atoms with Crippen LogP contribution in [0.5, 0.6) is 0 Å². The second-order valence-corrected chi connectivity index (χ2v) is 12.5. The highest BCUT2D eigenvalue weighted by molar-refractivity contribution is 6.19. The quantitative estimate of drug-likeness (QED) is 0.175. The second kappa shape index (κ2) is 12.5. The summed E-state index contributed by atoms with van der Waals surface area (Å²) in [6, 6.07) is 36.7. The van der Waals surface area contributed by atoms with Gasteiger partial charge >= 0.3 is 0 Å². The Balaban J connectivity index is 1.18. The van der Waals surface area contributed by atoms with Gasteiger partial charge in [-0.2, -0.15) is 0 Å². The fourth-order valence-corrected chi connectivity index (χ4v) is 6.88. The summed E-state index contributed by atoms with van der Waals surface area (Å²) in [6.45, 7) is 0. The molecule has 2 heteroatoms. The molecule has 0 saturated heterocycles. The summed E-state index contributed by atoms with van der Waals surface area (Å²) in [6.07, 6.45) is 0. The van der Waals surface area contributed by atoms with E-state index in [9.17, 15) is 5.48 Å². The lowest BCUT2D eigenvalue weighted by atomic mass is 9.97. The normalized spacial score (nSPS) is 14.4. The van der Waals surface area contributed by atoms with Gasteiger partial charge in [-0.3, -0.25) is 0 Å². The fraction of sp³-hybridized carbons (Fsp3) is 0. The van der Waals surface area contributed by atoms with Crippen LogP contribution >= 0.6 is 0 Å². The molecule has 0 aliphatic rings. The Hall–Kier alpha value is -6.90. The van der Waals surface area contributed by atoms with E-state index in [0.29, 0.717) is 28.1 Å². The lowest BCUT2D eigenvalue weighted by Gasteiger charge is -2.28. The lowest BCUT2D eigenvalue weighted by molar-refractivity contribution is 0.669. The van der Waals surface area contributed by atoms with Crippen molar-refractivity contribution in [2.24, 2.45) is 0 Å². The van der Waals surface area contributed by atoms with Gasteiger partial charge in [-0.25, -0.2) is 0 Å². The molecule has 244 valence electrons. The maximum absolute atomic E-state index is 9.63. The predicted molar refractivity (Wildman–Crippen MR) is 220 cm³/mol. The molecule has 0 radical (unpaired) electrons. The number of hydrogen-bond donors (Lipinski definition) is 0. The van der Waals surface area contributed by atoms with Gasteiger partial charge in [-0.05, 0) is 104 Å². The smallest absolute Gasteiger partial charge is 0.136 e. The van der Waals surface area contributed by atoms with Gasteiger partial charge in [-0.1, -0.05) is 145 Å². The zero-order valence-corrected chi connectivity index (χ0v) is 27.6. The number of nitrogens with zero attached hydrogens (tertiary/aromatic N) is 1. The molecule has 10 rings (SSSR count). The van der Waals surface area contributed by atoms with Crippen LogP contribution in [-0.4, -0.2) is 0 Å². The maximum atomic E-state index is 9.63. The van der Waals surface area contributed by atoms with E-state index in [1.807, 2.05) is 109 Å². The summed E-state index contributed by atoms with van der Waals surface area (Å²) in [7, 11) is 0. The molecule has 0 fully saturated rings. The molecule has 9 aromatic carbocycles. The largest absolute Gasteiger partial charge is 0.456 e. The van der Waals surface area contributed by atoms with E-state index in [2.05, 4.69) is 0 Å². The molecule has 0 bridgehead atoms. The van der Waals surface area contributed by atoms with Crippen molar-refractivity contribution in [2.75, 3.05) is 4.90 Å². The first-order valence-corrected chi connectivity index (χ1v) is 16.9. The standard InChI is InChI=1S/C50H33NO/c1-2-11-37(12-3-1)44-14-6-8-16-47(44)51(42-27-22-35(23-28-42)40-20-18-34-10-4-5-13-39(34)32-40)43-29-24-36(25-30-43)41-21-19-38-26-31-49-50(46(38)33-41)45-15-7-9-17-48(45)52-49/h1-33H/i4D,5D,10D,13D,18D,20D,24D,25D,29D,30D,32D. The van der Waals surface area contributed by atoms with E-state index in [4.69, 9.17) is 14.0 Å². The van der Waals surface area contributed by atoms with E-state index in [1.54, 1.807) is 29.2 Å². The van der Waals surface area contributed by atoms with Gasteiger partial charge in [0, 0.05) is 27.7 Å². The van der Waals surface area contributed by atoms with E-state index in [1.165, 1.54) is 0 Å². The number of anilines is 3. The molecule has 0 saturated carbocycles. The molecule has 0 N–H and O–H groups in total. The van der Waals surface area contributed by atoms with Gasteiger partial charge in [0.25, 0.3) is 0 Å². The van der Waals surface area contributed by atoms with Gasteiger partial charge in [0.1, 0.15) is 11.2 Å². The zero-order chi connectivity index (χ0) is 44.0. The fourth-order valence-electron chi connectivity index (χ4n) is 6.88. The van der Waals surface area contributed by atoms with Crippen molar-refractivity contribution in [2.45, 2.75) is 0 Å². The topological polar surface area (TPSA) is 16.4 Å². The van der Waals surface area contributed by atoms with Crippen LogP contribution in [0.3, 0.4) is 0 Å². The third-order valence-electron chi connectivity index (χ3n) is 9.38. The van der Waals surface area contributed by atoms with E-state index in [0.717, 1.165) is 38.3 Å². The summed E-state index contributed by atoms with van der Waals surface area (Å²) < 4.78 is 105. The van der Waals surface area contributed by atoms with Crippen molar-refractivity contribution >= 4 is 60.5 Å². The summed E-state index contributed by atoms with van der Waals surface area (Å²) in [5.41, 5.74) is 4.99. The average molecular weight is 675 g/mol. The van der Waals surface area contributed by atoms with Crippen LogP contribution in [0.1, 0.15) is 15.1 Å². The third-order valence-corrected chi connectivity index (χ3v) is 9.38. The van der Waals surface area contributed by atoms with E-state index < -0.39 is 30.2 Å². The van der Waals surface area contributed by atoms with Crippen LogP contribution in [0.15, 0.2) is 204 Å². The minimum absolute atomic E-state index is 0.00463. The number of rotatable bonds is 6. The minimum Gasteiger partial charge on any atom is -0.456 e. The molecule has 10 aromatic rings. The van der Waals surface area contributed by atoms with Crippen molar-refractivity contribution < 1.29 is 19.5 Å². The van der Waals surface area contributed by atoms with Gasteiger partial charge in [0.2, 0.25) is 0 Å². The van der Waals surface area contributed by atoms with E-state index >= 15 is 0 Å². The Labute approximate surface area is 317 Å². The van der Waals surface area contributed by atoms with Crippen molar-refractivity contribution in [3.63, 3.8) is 0 Å². The Morgan fingerprint density at radius 1 is 0.423 bits per heavy atom. The molecule has 0 aliphatic carbocycles. The highest BCUT2D eigenvalue weighted by Gasteiger charge is 2.18. The summed E-state index contributed by atoms with van der Waals surface area (Å²) in [4.78, 5) is 1.67. The number of hydrogen-bond acceptors (Lipinski definition) is 2. The molecule has 0 atom stereocenters. The molecule has 1 heterocycles. The number of furan rings is 1. The van der Waals surface area contributed by atoms with Crippen LogP contribution in [-0.2, 0) is 0 Å². The molecule has 2 nitrogen and oxygen atoms in total. The van der Waals surface area contributed by atoms with Gasteiger partial charge in [0.05, 0.1) is 20.8 Å². The lowest BCUT2D eigenvalue weighted by Crippen LogP contribution is -2.11. The molecule has 1 aromatic heterocycles. The SMILES string of the molecule is [2H]c1c([2H])c(N(c2ccc(-c3c([2H])c([2H])c4c([2H])c([2H])c([2H])c([2H])c4c3[2H])cc2)c2ccccc2-c2ccccc2)c([2H])c([2H])c1-c1ccc2ccc3oc4ccccc4c3c2c1. The van der Waals surface area contributed by atoms with Crippen molar-refractivity contribution in [1.82, 2.24) is 0 Å². The van der Waals surface area contributed by atoms with Crippen LogP contribution in [0.25, 0.3) is 76.9 Å². The van der Waals surface area contributed by atoms with Crippen LogP contribution in [0, 0.1) is 0 Å². The highest BCUT2D eigenvalue weighted by Crippen LogP contribution is 2.42. The molecule has 0 aliphatic heterocycles. The first-order valence-electron chi connectivity index (χ1n) is 22.4. The molecule has 52 heavy (non-hydrogen) atoms. The van der Waals surface area contributed by atoms with Crippen LogP contribution < -0.4 is 4.90 Å². The van der Waals surface area contributed by atoms with Crippen molar-refractivity contribution in [3.05, 3.63) is 200 Å². The van der Waals surface area contributed by atoms with Crippen LogP contribution in [0.2, 0.25) is 0 Å². The first-order chi connectivity index (χ1) is 30.4. The predicted octanol–water partition coefficient (Wildman–Crippen LogP) is 14.4. The Kier molecular flexibility index (Phi) is 4.96. The molecule has 0 spiro atoms. The van der Waals surface area contributed by atoms with Gasteiger partial charge in [-0.15, -0.1) is 0 Å². The zero-order valence-electron chi connectivity index (χ0n) is 38.6. The van der Waals surface area contributed by atoms with Crippen molar-refractivity contribution in [3.8, 4) is 33.4 Å². The number of benzene rings is 9. The average Bonchev–Trinajstić information content (AvgIpc) is 3.70. The highest BCUT2D eigenvalue weighted by atomic mass is 16.3. The minimum atomic E-state index is -0.545. The molecule has 0 amide bonds. The van der Waals surface area contributed by atoms with Gasteiger partial charge in [0.15, 0.2) is 0 Å². The van der Waals surface area contributed by atoms with Crippen LogP contribution in [0.4, 0.5) is 17.1 Å². The van der Waals surface area contributed by atoms with Crippen molar-refractivity contribution in [1.29, 1.82) is 0 Å².